The van der Waals surface area contributed by atoms with Gasteiger partial charge in [-0.25, -0.2) is 0 Å². The molecule has 136 valence electrons. The Hall–Kier alpha value is -2.54. The number of anilines is 1. The number of rotatable bonds is 6. The summed E-state index contributed by atoms with van der Waals surface area (Å²) in [5.74, 6) is 0.250. The van der Waals surface area contributed by atoms with Crippen molar-refractivity contribution in [3.63, 3.8) is 0 Å². The van der Waals surface area contributed by atoms with Gasteiger partial charge in [-0.15, -0.1) is 0 Å². The van der Waals surface area contributed by atoms with E-state index in [0.29, 0.717) is 5.92 Å². The molecule has 1 unspecified atom stereocenters. The second kappa shape index (κ2) is 8.23. The van der Waals surface area contributed by atoms with Gasteiger partial charge < -0.3 is 10.0 Å². The number of fused-ring (bicyclic) bond motifs is 1. The fourth-order valence-electron chi connectivity index (χ4n) is 4.04. The van der Waals surface area contributed by atoms with Gasteiger partial charge in [0, 0.05) is 36.0 Å². The molecule has 0 radical (unpaired) electrons. The number of piperidine rings is 1. The summed E-state index contributed by atoms with van der Waals surface area (Å²) in [5, 5.41) is 20.4. The van der Waals surface area contributed by atoms with Crippen LogP contribution in [0.4, 0.5) is 5.69 Å². The third-order valence-corrected chi connectivity index (χ3v) is 5.57. The van der Waals surface area contributed by atoms with Crippen molar-refractivity contribution in [1.29, 1.82) is 5.26 Å². The molecule has 3 rings (SSSR count). The predicted molar refractivity (Wildman–Crippen MR) is 104 cm³/mol. The quantitative estimate of drug-likeness (QED) is 0.811. The Bertz CT molecular complexity index is 816. The number of aliphatic carboxylic acids is 1. The van der Waals surface area contributed by atoms with E-state index in [-0.39, 0.29) is 12.3 Å². The predicted octanol–water partition coefficient (Wildman–Crippen LogP) is 4.82. The van der Waals surface area contributed by atoms with Crippen molar-refractivity contribution in [2.45, 2.75) is 39.0 Å². The van der Waals surface area contributed by atoms with E-state index >= 15 is 0 Å². The standard InChI is InChI=1S/C22H26N2O2/c1-16(14-22(25)26)6-7-17-10-12-24(13-11-17)21-9-8-18(15-23)19-4-2-3-5-20(19)21/h2-5,8-9,16-17H,6-7,10-14H2,1H3,(H,25,26). The van der Waals surface area contributed by atoms with Crippen LogP contribution in [0.5, 0.6) is 0 Å². The van der Waals surface area contributed by atoms with Crippen molar-refractivity contribution < 1.29 is 9.90 Å². The van der Waals surface area contributed by atoms with Crippen molar-refractivity contribution in [1.82, 2.24) is 0 Å². The number of nitriles is 1. The molecule has 4 nitrogen and oxygen atoms in total. The smallest absolute Gasteiger partial charge is 0.303 e. The minimum atomic E-state index is -0.694. The lowest BCUT2D eigenvalue weighted by molar-refractivity contribution is -0.138. The molecule has 0 aromatic heterocycles. The number of benzene rings is 2. The third-order valence-electron chi connectivity index (χ3n) is 5.57. The molecule has 0 spiro atoms. The first kappa shape index (κ1) is 18.3. The zero-order valence-corrected chi connectivity index (χ0v) is 15.3. The van der Waals surface area contributed by atoms with Crippen molar-refractivity contribution in [2.24, 2.45) is 11.8 Å². The van der Waals surface area contributed by atoms with Crippen molar-refractivity contribution in [3.05, 3.63) is 42.0 Å². The van der Waals surface area contributed by atoms with Crippen LogP contribution >= 0.6 is 0 Å². The molecule has 1 N–H and O–H groups in total. The highest BCUT2D eigenvalue weighted by atomic mass is 16.4. The van der Waals surface area contributed by atoms with E-state index in [1.54, 1.807) is 0 Å². The first-order valence-electron chi connectivity index (χ1n) is 9.47. The second-order valence-electron chi connectivity index (χ2n) is 7.50. The monoisotopic (exact) mass is 350 g/mol. The normalized spacial score (nSPS) is 16.4. The fraction of sp³-hybridized carbons (Fsp3) is 0.455. The van der Waals surface area contributed by atoms with Gasteiger partial charge >= 0.3 is 5.97 Å². The molecule has 0 saturated carbocycles. The van der Waals surface area contributed by atoms with Gasteiger partial charge in [-0.3, -0.25) is 4.79 Å². The minimum Gasteiger partial charge on any atom is -0.481 e. The Morgan fingerprint density at radius 2 is 1.92 bits per heavy atom. The van der Waals surface area contributed by atoms with Crippen LogP contribution in [-0.2, 0) is 4.79 Å². The van der Waals surface area contributed by atoms with Crippen molar-refractivity contribution in [2.75, 3.05) is 18.0 Å². The molecule has 0 bridgehead atoms. The Morgan fingerprint density at radius 1 is 1.23 bits per heavy atom. The summed E-state index contributed by atoms with van der Waals surface area (Å²) >= 11 is 0. The molecule has 0 amide bonds. The Morgan fingerprint density at radius 3 is 2.58 bits per heavy atom. The summed E-state index contributed by atoms with van der Waals surface area (Å²) in [6.07, 6.45) is 4.69. The van der Waals surface area contributed by atoms with Crippen LogP contribution in [0.1, 0.15) is 44.6 Å². The summed E-state index contributed by atoms with van der Waals surface area (Å²) in [6, 6.07) is 14.4. The van der Waals surface area contributed by atoms with Gasteiger partial charge in [-0.1, -0.05) is 37.6 Å². The zero-order chi connectivity index (χ0) is 18.5. The Balaban J connectivity index is 1.63. The number of carbonyl (C=O) groups is 1. The molecule has 26 heavy (non-hydrogen) atoms. The molecule has 1 atom stereocenters. The number of carboxylic acid groups (broad SMARTS) is 1. The van der Waals surface area contributed by atoms with Crippen LogP contribution in [0, 0.1) is 23.2 Å². The van der Waals surface area contributed by atoms with E-state index in [9.17, 15) is 10.1 Å². The highest BCUT2D eigenvalue weighted by molar-refractivity contribution is 5.97. The Labute approximate surface area is 155 Å². The summed E-state index contributed by atoms with van der Waals surface area (Å²) in [7, 11) is 0. The molecular formula is C22H26N2O2. The molecule has 2 aromatic carbocycles. The molecule has 1 heterocycles. The van der Waals surface area contributed by atoms with Gasteiger partial charge in [0.1, 0.15) is 0 Å². The average molecular weight is 350 g/mol. The fourth-order valence-corrected chi connectivity index (χ4v) is 4.04. The lowest BCUT2D eigenvalue weighted by Gasteiger charge is -2.34. The van der Waals surface area contributed by atoms with Crippen LogP contribution in [0.25, 0.3) is 10.8 Å². The van der Waals surface area contributed by atoms with E-state index in [1.807, 2.05) is 31.2 Å². The van der Waals surface area contributed by atoms with Gasteiger partial charge in [0.25, 0.3) is 0 Å². The van der Waals surface area contributed by atoms with E-state index in [1.165, 1.54) is 5.69 Å². The maximum Gasteiger partial charge on any atom is 0.303 e. The maximum atomic E-state index is 10.8. The van der Waals surface area contributed by atoms with Crippen LogP contribution < -0.4 is 4.90 Å². The van der Waals surface area contributed by atoms with Crippen LogP contribution in [-0.4, -0.2) is 24.2 Å². The van der Waals surface area contributed by atoms with Crippen molar-refractivity contribution >= 4 is 22.4 Å². The molecule has 0 aliphatic carbocycles. The molecule has 2 aromatic rings. The number of carboxylic acids is 1. The van der Waals surface area contributed by atoms with Crippen LogP contribution in [0.2, 0.25) is 0 Å². The van der Waals surface area contributed by atoms with Gasteiger partial charge in [0.05, 0.1) is 11.6 Å². The summed E-state index contributed by atoms with van der Waals surface area (Å²) in [6.45, 7) is 4.08. The van der Waals surface area contributed by atoms with E-state index in [4.69, 9.17) is 5.11 Å². The first-order valence-corrected chi connectivity index (χ1v) is 9.47. The maximum absolute atomic E-state index is 10.8. The van der Waals surface area contributed by atoms with Gasteiger partial charge in [-0.2, -0.15) is 5.26 Å². The molecule has 1 aliphatic heterocycles. The average Bonchev–Trinajstić information content (AvgIpc) is 2.65. The molecule has 1 aliphatic rings. The number of hydrogen-bond donors (Lipinski definition) is 1. The first-order chi connectivity index (χ1) is 12.6. The molecule has 4 heteroatoms. The zero-order valence-electron chi connectivity index (χ0n) is 15.3. The van der Waals surface area contributed by atoms with Crippen molar-refractivity contribution in [3.8, 4) is 6.07 Å². The van der Waals surface area contributed by atoms with Crippen LogP contribution in [0.3, 0.4) is 0 Å². The topological polar surface area (TPSA) is 64.3 Å². The molecule has 1 saturated heterocycles. The van der Waals surface area contributed by atoms with Gasteiger partial charge in [0.15, 0.2) is 0 Å². The highest BCUT2D eigenvalue weighted by Crippen LogP contribution is 2.33. The van der Waals surface area contributed by atoms with E-state index in [0.717, 1.165) is 55.1 Å². The van der Waals surface area contributed by atoms with Gasteiger partial charge in [0.2, 0.25) is 0 Å². The second-order valence-corrected chi connectivity index (χ2v) is 7.50. The summed E-state index contributed by atoms with van der Waals surface area (Å²) in [5.41, 5.74) is 1.95. The number of nitrogens with zero attached hydrogens (tertiary/aromatic N) is 2. The Kier molecular flexibility index (Phi) is 5.78. The van der Waals surface area contributed by atoms with E-state index in [2.05, 4.69) is 23.1 Å². The van der Waals surface area contributed by atoms with E-state index < -0.39 is 5.97 Å². The molecular weight excluding hydrogens is 324 g/mol. The highest BCUT2D eigenvalue weighted by Gasteiger charge is 2.22. The summed E-state index contributed by atoms with van der Waals surface area (Å²) < 4.78 is 0. The molecule has 1 fully saturated rings. The SMILES string of the molecule is CC(CCC1CCN(c2ccc(C#N)c3ccccc23)CC1)CC(=O)O. The largest absolute Gasteiger partial charge is 0.481 e. The third kappa shape index (κ3) is 4.16. The van der Waals surface area contributed by atoms with Gasteiger partial charge in [-0.05, 0) is 43.2 Å². The minimum absolute atomic E-state index is 0.257. The summed E-state index contributed by atoms with van der Waals surface area (Å²) in [4.78, 5) is 13.2. The number of hydrogen-bond acceptors (Lipinski definition) is 3. The lowest BCUT2D eigenvalue weighted by atomic mass is 9.88. The van der Waals surface area contributed by atoms with Crippen LogP contribution in [0.15, 0.2) is 36.4 Å². The lowest BCUT2D eigenvalue weighted by Crippen LogP contribution is -2.33.